The summed E-state index contributed by atoms with van der Waals surface area (Å²) in [6.07, 6.45) is 2.44. The number of carbonyl (C=O) groups excluding carboxylic acids is 1. The molecular formula is C14H15ClN4O. The first-order valence-corrected chi connectivity index (χ1v) is 6.48. The number of nitrogens with one attached hydrogen (secondary N) is 1. The second-order valence-corrected chi connectivity index (χ2v) is 4.69. The number of halogens is 1. The highest BCUT2D eigenvalue weighted by atomic mass is 35.5. The van der Waals surface area contributed by atoms with Crippen molar-refractivity contribution in [3.8, 4) is 0 Å². The number of rotatable bonds is 5. The molecule has 0 bridgehead atoms. The van der Waals surface area contributed by atoms with Crippen LogP contribution in [0, 0.1) is 0 Å². The van der Waals surface area contributed by atoms with Gasteiger partial charge in [0.1, 0.15) is 0 Å². The predicted octanol–water partition coefficient (Wildman–Crippen LogP) is 2.07. The van der Waals surface area contributed by atoms with Crippen molar-refractivity contribution in [3.05, 3.63) is 52.8 Å². The van der Waals surface area contributed by atoms with Gasteiger partial charge in [-0.1, -0.05) is 17.7 Å². The second-order valence-electron chi connectivity index (χ2n) is 4.29. The molecule has 1 amide bonds. The van der Waals surface area contributed by atoms with Crippen LogP contribution in [-0.2, 0) is 6.42 Å². The zero-order valence-corrected chi connectivity index (χ0v) is 11.5. The third-order valence-electron chi connectivity index (χ3n) is 2.79. The molecule has 2 rings (SSSR count). The number of pyridine rings is 1. The number of primary amides is 1. The molecule has 0 atom stereocenters. The zero-order chi connectivity index (χ0) is 14.5. The topological polar surface area (TPSA) is 94.0 Å². The fraction of sp³-hybridized carbons (Fsp3) is 0.143. The SMILES string of the molecule is NC(=O)c1cc(N)cc(Cl)c1NCCc1ccccn1. The van der Waals surface area contributed by atoms with Gasteiger partial charge < -0.3 is 16.8 Å². The standard InChI is InChI=1S/C14H15ClN4O/c15-12-8-9(16)7-11(14(17)20)13(12)19-6-4-10-3-1-2-5-18-10/h1-3,5,7-8,19H,4,6,16H2,(H2,17,20). The average Bonchev–Trinajstić information content (AvgIpc) is 2.41. The fourth-order valence-corrected chi connectivity index (χ4v) is 2.16. The smallest absolute Gasteiger partial charge is 0.250 e. The average molecular weight is 291 g/mol. The van der Waals surface area contributed by atoms with E-state index in [0.29, 0.717) is 29.4 Å². The van der Waals surface area contributed by atoms with E-state index >= 15 is 0 Å². The molecule has 5 nitrogen and oxygen atoms in total. The Kier molecular flexibility index (Phi) is 4.42. The maximum atomic E-state index is 11.4. The first kappa shape index (κ1) is 14.1. The maximum absolute atomic E-state index is 11.4. The van der Waals surface area contributed by atoms with Crippen LogP contribution < -0.4 is 16.8 Å². The highest BCUT2D eigenvalue weighted by Crippen LogP contribution is 2.28. The molecule has 1 aromatic heterocycles. The van der Waals surface area contributed by atoms with Crippen LogP contribution in [0.2, 0.25) is 5.02 Å². The van der Waals surface area contributed by atoms with Crippen LogP contribution >= 0.6 is 11.6 Å². The summed E-state index contributed by atoms with van der Waals surface area (Å²) in [5, 5.41) is 3.49. The number of benzene rings is 1. The van der Waals surface area contributed by atoms with E-state index in [0.717, 1.165) is 5.69 Å². The molecule has 2 aromatic rings. The summed E-state index contributed by atoms with van der Waals surface area (Å²) in [4.78, 5) is 15.6. The Bertz CT molecular complexity index is 616. The van der Waals surface area contributed by atoms with Crippen LogP contribution in [0.25, 0.3) is 0 Å². The Hall–Kier alpha value is -2.27. The molecule has 0 unspecified atom stereocenters. The lowest BCUT2D eigenvalue weighted by Gasteiger charge is -2.12. The van der Waals surface area contributed by atoms with Crippen LogP contribution in [0.5, 0.6) is 0 Å². The molecule has 0 aliphatic carbocycles. The first-order chi connectivity index (χ1) is 9.58. The van der Waals surface area contributed by atoms with E-state index in [9.17, 15) is 4.79 Å². The molecule has 1 heterocycles. The molecule has 0 aliphatic heterocycles. The van der Waals surface area contributed by atoms with Gasteiger partial charge in [-0.2, -0.15) is 0 Å². The number of nitrogens with zero attached hydrogens (tertiary/aromatic N) is 1. The molecule has 0 saturated carbocycles. The van der Waals surface area contributed by atoms with Crippen LogP contribution in [-0.4, -0.2) is 17.4 Å². The molecule has 20 heavy (non-hydrogen) atoms. The molecule has 0 fully saturated rings. The van der Waals surface area contributed by atoms with Crippen molar-refractivity contribution in [2.75, 3.05) is 17.6 Å². The van der Waals surface area contributed by atoms with Crippen LogP contribution in [0.4, 0.5) is 11.4 Å². The molecule has 5 N–H and O–H groups in total. The minimum absolute atomic E-state index is 0.288. The minimum atomic E-state index is -0.570. The Morgan fingerprint density at radius 1 is 1.35 bits per heavy atom. The number of aromatic nitrogens is 1. The van der Waals surface area contributed by atoms with Gasteiger partial charge in [0.05, 0.1) is 16.3 Å². The number of nitrogens with two attached hydrogens (primary N) is 2. The predicted molar refractivity (Wildman–Crippen MR) is 80.8 cm³/mol. The van der Waals surface area contributed by atoms with Crippen molar-refractivity contribution >= 4 is 28.9 Å². The van der Waals surface area contributed by atoms with Gasteiger partial charge >= 0.3 is 0 Å². The van der Waals surface area contributed by atoms with E-state index in [1.54, 1.807) is 12.3 Å². The van der Waals surface area contributed by atoms with E-state index in [-0.39, 0.29) is 5.56 Å². The fourth-order valence-electron chi connectivity index (χ4n) is 1.86. The van der Waals surface area contributed by atoms with Gasteiger partial charge in [0.25, 0.3) is 5.91 Å². The highest BCUT2D eigenvalue weighted by molar-refractivity contribution is 6.34. The largest absolute Gasteiger partial charge is 0.399 e. The second kappa shape index (κ2) is 6.25. The molecule has 104 valence electrons. The van der Waals surface area contributed by atoms with E-state index in [1.165, 1.54) is 6.07 Å². The number of hydrogen-bond acceptors (Lipinski definition) is 4. The summed E-state index contributed by atoms with van der Waals surface area (Å²) in [5.41, 5.74) is 13.1. The van der Waals surface area contributed by atoms with Crippen LogP contribution in [0.15, 0.2) is 36.5 Å². The summed E-state index contributed by atoms with van der Waals surface area (Å²) >= 11 is 6.09. The lowest BCUT2D eigenvalue weighted by molar-refractivity contribution is 0.100. The Labute approximate surface area is 121 Å². The zero-order valence-electron chi connectivity index (χ0n) is 10.8. The summed E-state index contributed by atoms with van der Waals surface area (Å²) in [5.74, 6) is -0.570. The number of anilines is 2. The molecule has 1 aromatic carbocycles. The van der Waals surface area contributed by atoms with Crippen molar-refractivity contribution in [1.82, 2.24) is 4.98 Å². The number of carbonyl (C=O) groups is 1. The minimum Gasteiger partial charge on any atom is -0.399 e. The van der Waals surface area contributed by atoms with Crippen molar-refractivity contribution in [3.63, 3.8) is 0 Å². The lowest BCUT2D eigenvalue weighted by atomic mass is 10.1. The Balaban J connectivity index is 2.11. The van der Waals surface area contributed by atoms with Crippen LogP contribution in [0.1, 0.15) is 16.1 Å². The third kappa shape index (κ3) is 3.39. The van der Waals surface area contributed by atoms with Gasteiger partial charge in [0.15, 0.2) is 0 Å². The molecule has 0 aliphatic rings. The van der Waals surface area contributed by atoms with Crippen molar-refractivity contribution < 1.29 is 4.79 Å². The van der Waals surface area contributed by atoms with Crippen molar-refractivity contribution in [1.29, 1.82) is 0 Å². The van der Waals surface area contributed by atoms with Crippen molar-refractivity contribution in [2.24, 2.45) is 5.73 Å². The van der Waals surface area contributed by atoms with Gasteiger partial charge in [-0.3, -0.25) is 9.78 Å². The lowest BCUT2D eigenvalue weighted by Crippen LogP contribution is -2.16. The van der Waals surface area contributed by atoms with Gasteiger partial charge in [0.2, 0.25) is 0 Å². The summed E-state index contributed by atoms with van der Waals surface area (Å²) in [6.45, 7) is 0.584. The number of nitrogen functional groups attached to an aromatic ring is 1. The Morgan fingerprint density at radius 2 is 2.15 bits per heavy atom. The van der Waals surface area contributed by atoms with E-state index in [4.69, 9.17) is 23.1 Å². The molecular weight excluding hydrogens is 276 g/mol. The normalized spacial score (nSPS) is 10.2. The number of hydrogen-bond donors (Lipinski definition) is 3. The summed E-state index contributed by atoms with van der Waals surface area (Å²) < 4.78 is 0. The molecule has 0 spiro atoms. The number of amides is 1. The Morgan fingerprint density at radius 3 is 2.80 bits per heavy atom. The highest BCUT2D eigenvalue weighted by Gasteiger charge is 2.12. The van der Waals surface area contributed by atoms with Crippen LogP contribution in [0.3, 0.4) is 0 Å². The van der Waals surface area contributed by atoms with Gasteiger partial charge in [-0.15, -0.1) is 0 Å². The molecule has 0 radical (unpaired) electrons. The third-order valence-corrected chi connectivity index (χ3v) is 3.09. The van der Waals surface area contributed by atoms with E-state index < -0.39 is 5.91 Å². The summed E-state index contributed by atoms with van der Waals surface area (Å²) in [7, 11) is 0. The monoisotopic (exact) mass is 290 g/mol. The first-order valence-electron chi connectivity index (χ1n) is 6.10. The van der Waals surface area contributed by atoms with Crippen molar-refractivity contribution in [2.45, 2.75) is 6.42 Å². The maximum Gasteiger partial charge on any atom is 0.250 e. The quantitative estimate of drug-likeness (QED) is 0.735. The molecule has 6 heteroatoms. The van der Waals surface area contributed by atoms with Gasteiger partial charge in [0, 0.05) is 30.5 Å². The van der Waals surface area contributed by atoms with Gasteiger partial charge in [-0.05, 0) is 24.3 Å². The van der Waals surface area contributed by atoms with E-state index in [2.05, 4.69) is 10.3 Å². The molecule has 0 saturated heterocycles. The summed E-state index contributed by atoms with van der Waals surface area (Å²) in [6, 6.07) is 8.81. The van der Waals surface area contributed by atoms with Gasteiger partial charge in [-0.25, -0.2) is 0 Å². The van der Waals surface area contributed by atoms with E-state index in [1.807, 2.05) is 18.2 Å².